The first kappa shape index (κ1) is 17.8. The van der Waals surface area contributed by atoms with E-state index in [-0.39, 0.29) is 24.0 Å². The van der Waals surface area contributed by atoms with Crippen molar-refractivity contribution in [1.82, 2.24) is 14.7 Å². The fourth-order valence-electron chi connectivity index (χ4n) is 3.27. The van der Waals surface area contributed by atoms with Crippen LogP contribution in [0.15, 0.2) is 18.3 Å². The van der Waals surface area contributed by atoms with Gasteiger partial charge in [-0.25, -0.2) is 13.2 Å². The SMILES string of the molecule is Cn1cc2c(n1)CC(N(Cc1c(F)cc(F)cc1F)C(=O)CCl)CC2. The standard InChI is InChI=1S/C17H17ClF3N3O/c1-23-8-10-2-3-12(6-16(10)22-23)24(17(25)7-18)9-13-14(20)4-11(19)5-15(13)21/h4-5,8,12H,2-3,6-7,9H2,1H3. The van der Waals surface area contributed by atoms with E-state index >= 15 is 0 Å². The maximum absolute atomic E-state index is 14.0. The van der Waals surface area contributed by atoms with Crippen LogP contribution >= 0.6 is 11.6 Å². The van der Waals surface area contributed by atoms with Gasteiger partial charge in [-0.1, -0.05) is 0 Å². The average molecular weight is 372 g/mol. The van der Waals surface area contributed by atoms with Gasteiger partial charge in [0.2, 0.25) is 5.91 Å². The van der Waals surface area contributed by atoms with Crippen LogP contribution in [0.3, 0.4) is 0 Å². The summed E-state index contributed by atoms with van der Waals surface area (Å²) >= 11 is 5.68. The van der Waals surface area contributed by atoms with Gasteiger partial charge in [0.25, 0.3) is 0 Å². The van der Waals surface area contributed by atoms with Crippen molar-refractivity contribution in [3.63, 3.8) is 0 Å². The van der Waals surface area contributed by atoms with Crippen molar-refractivity contribution in [2.45, 2.75) is 31.8 Å². The number of carbonyl (C=O) groups is 1. The summed E-state index contributed by atoms with van der Waals surface area (Å²) in [7, 11) is 1.82. The van der Waals surface area contributed by atoms with Crippen LogP contribution in [0.2, 0.25) is 0 Å². The third-order valence-electron chi connectivity index (χ3n) is 4.48. The maximum Gasteiger partial charge on any atom is 0.238 e. The Morgan fingerprint density at radius 3 is 2.68 bits per heavy atom. The second-order valence-corrected chi connectivity index (χ2v) is 6.44. The lowest BCUT2D eigenvalue weighted by Crippen LogP contribution is -2.44. The molecule has 1 aromatic carbocycles. The highest BCUT2D eigenvalue weighted by Crippen LogP contribution is 2.26. The lowest BCUT2D eigenvalue weighted by atomic mass is 9.92. The molecule has 1 amide bonds. The molecule has 8 heteroatoms. The Balaban J connectivity index is 1.88. The summed E-state index contributed by atoms with van der Waals surface area (Å²) in [5.74, 6) is -3.74. The minimum Gasteiger partial charge on any atom is -0.334 e. The number of benzene rings is 1. The van der Waals surface area contributed by atoms with Crippen molar-refractivity contribution >= 4 is 17.5 Å². The molecule has 134 valence electrons. The van der Waals surface area contributed by atoms with Crippen molar-refractivity contribution in [1.29, 1.82) is 0 Å². The fraction of sp³-hybridized carbons (Fsp3) is 0.412. The third-order valence-corrected chi connectivity index (χ3v) is 4.71. The first-order chi connectivity index (χ1) is 11.9. The number of amides is 1. The highest BCUT2D eigenvalue weighted by Gasteiger charge is 2.30. The zero-order valence-corrected chi connectivity index (χ0v) is 14.4. The summed E-state index contributed by atoms with van der Waals surface area (Å²) in [6.45, 7) is -0.295. The maximum atomic E-state index is 14.0. The van der Waals surface area contributed by atoms with E-state index in [4.69, 9.17) is 11.6 Å². The Morgan fingerprint density at radius 2 is 2.04 bits per heavy atom. The topological polar surface area (TPSA) is 38.1 Å². The number of fused-ring (bicyclic) bond motifs is 1. The van der Waals surface area contributed by atoms with Gasteiger partial charge in [0, 0.05) is 43.4 Å². The summed E-state index contributed by atoms with van der Waals surface area (Å²) in [5, 5.41) is 4.37. The summed E-state index contributed by atoms with van der Waals surface area (Å²) < 4.78 is 42.8. The normalized spacial score (nSPS) is 16.6. The van der Waals surface area contributed by atoms with Gasteiger partial charge >= 0.3 is 0 Å². The van der Waals surface area contributed by atoms with E-state index in [1.165, 1.54) is 4.90 Å². The van der Waals surface area contributed by atoms with Gasteiger partial charge in [0.1, 0.15) is 23.3 Å². The van der Waals surface area contributed by atoms with E-state index in [9.17, 15) is 18.0 Å². The van der Waals surface area contributed by atoms with Gasteiger partial charge in [-0.3, -0.25) is 9.48 Å². The molecule has 4 nitrogen and oxygen atoms in total. The van der Waals surface area contributed by atoms with E-state index in [2.05, 4.69) is 5.10 Å². The molecule has 0 bridgehead atoms. The van der Waals surface area contributed by atoms with Crippen molar-refractivity contribution in [2.75, 3.05) is 5.88 Å². The van der Waals surface area contributed by atoms with Crippen LogP contribution in [0.4, 0.5) is 13.2 Å². The van der Waals surface area contributed by atoms with Crippen molar-refractivity contribution in [2.24, 2.45) is 7.05 Å². The molecular formula is C17H17ClF3N3O. The van der Waals surface area contributed by atoms with Crippen LogP contribution in [0.5, 0.6) is 0 Å². The number of halogens is 4. The molecule has 1 heterocycles. The summed E-state index contributed by atoms with van der Waals surface area (Å²) in [4.78, 5) is 13.6. The Morgan fingerprint density at radius 1 is 1.36 bits per heavy atom. The van der Waals surface area contributed by atoms with Gasteiger partial charge in [0.05, 0.1) is 12.2 Å². The van der Waals surface area contributed by atoms with Crippen LogP contribution < -0.4 is 0 Å². The minimum atomic E-state index is -1.01. The van der Waals surface area contributed by atoms with E-state index in [0.717, 1.165) is 11.3 Å². The largest absolute Gasteiger partial charge is 0.334 e. The lowest BCUT2D eigenvalue weighted by Gasteiger charge is -2.34. The Kier molecular flexibility index (Phi) is 5.03. The van der Waals surface area contributed by atoms with E-state index in [1.54, 1.807) is 4.68 Å². The first-order valence-corrected chi connectivity index (χ1v) is 8.42. The molecule has 1 unspecified atom stereocenters. The molecular weight excluding hydrogens is 355 g/mol. The molecule has 25 heavy (non-hydrogen) atoms. The van der Waals surface area contributed by atoms with E-state index in [0.29, 0.717) is 31.4 Å². The molecule has 0 saturated carbocycles. The number of hydrogen-bond acceptors (Lipinski definition) is 2. The van der Waals surface area contributed by atoms with Gasteiger partial charge in [-0.15, -0.1) is 11.6 Å². The van der Waals surface area contributed by atoms with Gasteiger partial charge in [0.15, 0.2) is 0 Å². The van der Waals surface area contributed by atoms with Crippen LogP contribution in [0.25, 0.3) is 0 Å². The zero-order chi connectivity index (χ0) is 18.1. The third kappa shape index (κ3) is 3.66. The molecule has 0 N–H and O–H groups in total. The molecule has 0 fully saturated rings. The summed E-state index contributed by atoms with van der Waals surface area (Å²) in [6, 6.07) is 0.955. The quantitative estimate of drug-likeness (QED) is 0.775. The smallest absolute Gasteiger partial charge is 0.238 e. The number of hydrogen-bond donors (Lipinski definition) is 0. The van der Waals surface area contributed by atoms with Gasteiger partial charge < -0.3 is 4.90 Å². The number of alkyl halides is 1. The van der Waals surface area contributed by atoms with Crippen LogP contribution in [0.1, 0.15) is 23.2 Å². The number of nitrogens with zero attached hydrogens (tertiary/aromatic N) is 3. The van der Waals surface area contributed by atoms with E-state index in [1.807, 2.05) is 13.2 Å². The highest BCUT2D eigenvalue weighted by molar-refractivity contribution is 6.27. The molecule has 1 aromatic heterocycles. The molecule has 3 rings (SSSR count). The Labute approximate surface area is 148 Å². The number of aryl methyl sites for hydroxylation is 2. The predicted octanol–water partition coefficient (Wildman–Crippen LogP) is 2.96. The molecule has 0 aliphatic heterocycles. The molecule has 0 saturated heterocycles. The molecule has 2 aromatic rings. The molecule has 0 radical (unpaired) electrons. The van der Waals surface area contributed by atoms with Crippen molar-refractivity contribution in [3.05, 3.63) is 52.6 Å². The first-order valence-electron chi connectivity index (χ1n) is 7.89. The Bertz CT molecular complexity index is 785. The van der Waals surface area contributed by atoms with Gasteiger partial charge in [-0.2, -0.15) is 5.10 Å². The van der Waals surface area contributed by atoms with Gasteiger partial charge in [-0.05, 0) is 18.4 Å². The zero-order valence-electron chi connectivity index (χ0n) is 13.6. The van der Waals surface area contributed by atoms with Crippen molar-refractivity contribution < 1.29 is 18.0 Å². The number of aromatic nitrogens is 2. The fourth-order valence-corrected chi connectivity index (χ4v) is 3.42. The molecule has 0 spiro atoms. The second kappa shape index (κ2) is 7.07. The Hall–Kier alpha value is -2.02. The predicted molar refractivity (Wildman–Crippen MR) is 86.6 cm³/mol. The monoisotopic (exact) mass is 371 g/mol. The molecule has 1 atom stereocenters. The molecule has 1 aliphatic rings. The number of carbonyl (C=O) groups excluding carboxylic acids is 1. The molecule has 1 aliphatic carbocycles. The average Bonchev–Trinajstić information content (AvgIpc) is 2.92. The van der Waals surface area contributed by atoms with Crippen molar-refractivity contribution in [3.8, 4) is 0 Å². The van der Waals surface area contributed by atoms with Crippen LogP contribution in [-0.2, 0) is 31.2 Å². The summed E-state index contributed by atoms with van der Waals surface area (Å²) in [6.07, 6.45) is 3.78. The minimum absolute atomic E-state index is 0.266. The number of rotatable bonds is 4. The van der Waals surface area contributed by atoms with E-state index < -0.39 is 23.4 Å². The highest BCUT2D eigenvalue weighted by atomic mass is 35.5. The second-order valence-electron chi connectivity index (χ2n) is 6.17. The van der Waals surface area contributed by atoms with Crippen LogP contribution in [-0.4, -0.2) is 32.5 Å². The lowest BCUT2D eigenvalue weighted by molar-refractivity contribution is -0.131. The summed E-state index contributed by atoms with van der Waals surface area (Å²) in [5.41, 5.74) is 1.63. The van der Waals surface area contributed by atoms with Crippen LogP contribution in [0, 0.1) is 17.5 Å².